The number of aromatic carboxylic acids is 1. The topological polar surface area (TPSA) is 127 Å². The quantitative estimate of drug-likeness (QED) is 0.644. The average Bonchev–Trinajstić information content (AvgIpc) is 2.81. The number of hydrogen-bond acceptors (Lipinski definition) is 5. The van der Waals surface area contributed by atoms with Crippen LogP contribution in [0.5, 0.6) is 0 Å². The molecule has 0 bridgehead atoms. The third-order valence-electron chi connectivity index (χ3n) is 2.64. The minimum absolute atomic E-state index is 0.0451. The highest BCUT2D eigenvalue weighted by Gasteiger charge is 2.18. The van der Waals surface area contributed by atoms with Gasteiger partial charge in [0, 0.05) is 13.1 Å². The molecule has 108 valence electrons. The molecule has 9 nitrogen and oxygen atoms in total. The molecule has 0 fully saturated rings. The van der Waals surface area contributed by atoms with Crippen molar-refractivity contribution in [1.82, 2.24) is 9.55 Å². The molecule has 0 aliphatic heterocycles. The van der Waals surface area contributed by atoms with Crippen LogP contribution in [0.25, 0.3) is 0 Å². The molecule has 0 spiro atoms. The van der Waals surface area contributed by atoms with E-state index in [1.807, 2.05) is 0 Å². The molecule has 2 N–H and O–H groups in total. The lowest BCUT2D eigenvalue weighted by atomic mass is 10.3. The highest BCUT2D eigenvalue weighted by Crippen LogP contribution is 2.16. The zero-order valence-electron chi connectivity index (χ0n) is 10.8. The number of carbonyl (C=O) groups excluding carboxylic acids is 1. The van der Waals surface area contributed by atoms with Gasteiger partial charge in [0.25, 0.3) is 11.6 Å². The van der Waals surface area contributed by atoms with E-state index in [9.17, 15) is 19.7 Å². The molecule has 0 saturated carbocycles. The van der Waals surface area contributed by atoms with Crippen LogP contribution in [0.1, 0.15) is 21.0 Å². The van der Waals surface area contributed by atoms with Crippen molar-refractivity contribution in [2.45, 2.75) is 0 Å². The molecule has 0 saturated heterocycles. The van der Waals surface area contributed by atoms with Crippen LogP contribution in [-0.2, 0) is 7.05 Å². The Kier molecular flexibility index (Phi) is 3.65. The maximum atomic E-state index is 12.0. The van der Waals surface area contributed by atoms with Crippen LogP contribution >= 0.6 is 0 Å². The van der Waals surface area contributed by atoms with Gasteiger partial charge in [-0.3, -0.25) is 14.9 Å². The van der Waals surface area contributed by atoms with E-state index >= 15 is 0 Å². The summed E-state index contributed by atoms with van der Waals surface area (Å²) in [7, 11) is 1.49. The van der Waals surface area contributed by atoms with E-state index in [0.29, 0.717) is 0 Å². The second-order valence-corrected chi connectivity index (χ2v) is 4.12. The van der Waals surface area contributed by atoms with E-state index in [0.717, 1.165) is 6.07 Å². The Morgan fingerprint density at radius 3 is 2.71 bits per heavy atom. The largest absolute Gasteiger partial charge is 0.477 e. The van der Waals surface area contributed by atoms with Gasteiger partial charge in [-0.1, -0.05) is 6.07 Å². The summed E-state index contributed by atoms with van der Waals surface area (Å²) >= 11 is 0. The van der Waals surface area contributed by atoms with Gasteiger partial charge in [0.1, 0.15) is 11.5 Å². The number of rotatable bonds is 4. The van der Waals surface area contributed by atoms with E-state index in [2.05, 4.69) is 10.3 Å². The number of aromatic nitrogens is 2. The Balaban J connectivity index is 2.24. The van der Waals surface area contributed by atoms with Crippen molar-refractivity contribution in [2.24, 2.45) is 7.05 Å². The molecular formula is C12H10N4O5. The minimum Gasteiger partial charge on any atom is -0.477 e. The van der Waals surface area contributed by atoms with Gasteiger partial charge in [-0.25, -0.2) is 9.78 Å². The molecular weight excluding hydrogens is 280 g/mol. The van der Waals surface area contributed by atoms with Crippen molar-refractivity contribution in [3.05, 3.63) is 52.0 Å². The van der Waals surface area contributed by atoms with Gasteiger partial charge < -0.3 is 15.0 Å². The van der Waals surface area contributed by atoms with E-state index in [-0.39, 0.29) is 22.9 Å². The van der Waals surface area contributed by atoms with Crippen molar-refractivity contribution < 1.29 is 19.6 Å². The number of nitrogens with zero attached hydrogens (tertiary/aromatic N) is 3. The van der Waals surface area contributed by atoms with E-state index in [1.54, 1.807) is 0 Å². The molecule has 2 heterocycles. The molecule has 2 aromatic rings. The summed E-state index contributed by atoms with van der Waals surface area (Å²) < 4.78 is 1.30. The van der Waals surface area contributed by atoms with Crippen molar-refractivity contribution >= 4 is 23.4 Å². The standard InChI is InChI=1S/C12H10N4O5/c1-15-6-7(16(20)21)5-9(15)11(17)14-10-4-2-3-8(13-10)12(18)19/h2-6H,1H3,(H,18,19)(H,13,14,17). The number of pyridine rings is 1. The fourth-order valence-corrected chi connectivity index (χ4v) is 1.68. The molecule has 2 aromatic heterocycles. The number of anilines is 1. The number of amides is 1. The highest BCUT2D eigenvalue weighted by atomic mass is 16.6. The molecule has 0 atom stereocenters. The Morgan fingerprint density at radius 1 is 1.43 bits per heavy atom. The second kappa shape index (κ2) is 5.41. The number of nitrogens with one attached hydrogen (secondary N) is 1. The predicted molar refractivity (Wildman–Crippen MR) is 71.2 cm³/mol. The lowest BCUT2D eigenvalue weighted by Gasteiger charge is -2.05. The fourth-order valence-electron chi connectivity index (χ4n) is 1.68. The maximum absolute atomic E-state index is 12.0. The van der Waals surface area contributed by atoms with Crippen LogP contribution < -0.4 is 5.32 Å². The highest BCUT2D eigenvalue weighted by molar-refractivity contribution is 6.03. The summed E-state index contributed by atoms with van der Waals surface area (Å²) in [4.78, 5) is 36.6. The summed E-state index contributed by atoms with van der Waals surface area (Å²) in [6.07, 6.45) is 1.20. The van der Waals surface area contributed by atoms with Crippen LogP contribution in [0.4, 0.5) is 11.5 Å². The van der Waals surface area contributed by atoms with Crippen LogP contribution in [0, 0.1) is 10.1 Å². The first-order chi connectivity index (χ1) is 9.88. The summed E-state index contributed by atoms with van der Waals surface area (Å²) in [6, 6.07) is 5.25. The van der Waals surface area contributed by atoms with Gasteiger partial charge in [0.15, 0.2) is 5.69 Å². The lowest BCUT2D eigenvalue weighted by Crippen LogP contribution is -2.16. The monoisotopic (exact) mass is 290 g/mol. The smallest absolute Gasteiger partial charge is 0.354 e. The van der Waals surface area contributed by atoms with E-state index < -0.39 is 16.8 Å². The summed E-state index contributed by atoms with van der Waals surface area (Å²) in [5, 5.41) is 21.9. The minimum atomic E-state index is -1.22. The molecule has 0 radical (unpaired) electrons. The Bertz CT molecular complexity index is 737. The van der Waals surface area contributed by atoms with E-state index in [4.69, 9.17) is 5.11 Å². The van der Waals surface area contributed by atoms with Gasteiger partial charge in [-0.05, 0) is 12.1 Å². The van der Waals surface area contributed by atoms with Gasteiger partial charge in [0.05, 0.1) is 11.1 Å². The number of carboxylic acids is 1. The molecule has 0 aromatic carbocycles. The number of carboxylic acid groups (broad SMARTS) is 1. The van der Waals surface area contributed by atoms with Crippen LogP contribution in [0.3, 0.4) is 0 Å². The van der Waals surface area contributed by atoms with Crippen molar-refractivity contribution in [1.29, 1.82) is 0 Å². The lowest BCUT2D eigenvalue weighted by molar-refractivity contribution is -0.384. The summed E-state index contributed by atoms with van der Waals surface area (Å²) in [5.74, 6) is -1.80. The average molecular weight is 290 g/mol. The Labute approximate surface area is 118 Å². The predicted octanol–water partition coefficient (Wildman–Crippen LogP) is 1.28. The Hall–Kier alpha value is -3.23. The first-order valence-corrected chi connectivity index (χ1v) is 5.71. The second-order valence-electron chi connectivity index (χ2n) is 4.12. The van der Waals surface area contributed by atoms with Gasteiger partial charge >= 0.3 is 5.97 Å². The molecule has 2 rings (SSSR count). The van der Waals surface area contributed by atoms with Crippen LogP contribution in [0.2, 0.25) is 0 Å². The van der Waals surface area contributed by atoms with Gasteiger partial charge in [-0.2, -0.15) is 0 Å². The number of carbonyl (C=O) groups is 2. The third-order valence-corrected chi connectivity index (χ3v) is 2.64. The normalized spacial score (nSPS) is 10.1. The van der Waals surface area contributed by atoms with Gasteiger partial charge in [0.2, 0.25) is 0 Å². The van der Waals surface area contributed by atoms with Crippen molar-refractivity contribution in [2.75, 3.05) is 5.32 Å². The van der Waals surface area contributed by atoms with Gasteiger partial charge in [-0.15, -0.1) is 0 Å². The molecule has 0 aliphatic carbocycles. The Morgan fingerprint density at radius 2 is 2.14 bits per heavy atom. The van der Waals surface area contributed by atoms with Crippen molar-refractivity contribution in [3.63, 3.8) is 0 Å². The number of aryl methyl sites for hydroxylation is 1. The molecule has 0 unspecified atom stereocenters. The molecule has 21 heavy (non-hydrogen) atoms. The summed E-state index contributed by atoms with van der Waals surface area (Å²) in [5.41, 5.74) is -0.371. The number of hydrogen-bond donors (Lipinski definition) is 2. The van der Waals surface area contributed by atoms with Crippen molar-refractivity contribution in [3.8, 4) is 0 Å². The first-order valence-electron chi connectivity index (χ1n) is 5.71. The fraction of sp³-hybridized carbons (Fsp3) is 0.0833. The summed E-state index contributed by atoms with van der Waals surface area (Å²) in [6.45, 7) is 0. The van der Waals surface area contributed by atoms with Crippen LogP contribution in [0.15, 0.2) is 30.5 Å². The zero-order valence-corrected chi connectivity index (χ0v) is 10.8. The first kappa shape index (κ1) is 14.2. The molecule has 0 aliphatic rings. The van der Waals surface area contributed by atoms with E-state index in [1.165, 1.54) is 36.0 Å². The third kappa shape index (κ3) is 3.03. The SMILES string of the molecule is Cn1cc([N+](=O)[O-])cc1C(=O)Nc1cccc(C(=O)O)n1. The zero-order chi connectivity index (χ0) is 15.6. The number of nitro groups is 1. The molecule has 9 heteroatoms. The maximum Gasteiger partial charge on any atom is 0.354 e. The molecule has 1 amide bonds. The van der Waals surface area contributed by atoms with Crippen LogP contribution in [-0.4, -0.2) is 31.5 Å².